The third-order valence-corrected chi connectivity index (χ3v) is 3.02. The molecule has 1 unspecified atom stereocenters. The van der Waals surface area contributed by atoms with E-state index in [-0.39, 0.29) is 0 Å². The van der Waals surface area contributed by atoms with Crippen LogP contribution in [0.2, 0.25) is 0 Å². The van der Waals surface area contributed by atoms with Crippen molar-refractivity contribution in [3.05, 3.63) is 12.2 Å². The molecule has 1 heteroatoms. The zero-order chi connectivity index (χ0) is 7.84. The predicted molar refractivity (Wildman–Crippen MR) is 47.4 cm³/mol. The summed E-state index contributed by atoms with van der Waals surface area (Å²) in [6.07, 6.45) is 7.73. The molecule has 0 spiro atoms. The molecule has 1 saturated carbocycles. The third-order valence-electron chi connectivity index (χ3n) is 3.02. The van der Waals surface area contributed by atoms with Crippen LogP contribution in [-0.4, -0.2) is 25.5 Å². The Bertz CT molecular complexity index is 172. The van der Waals surface area contributed by atoms with Crippen LogP contribution in [0.3, 0.4) is 0 Å². The summed E-state index contributed by atoms with van der Waals surface area (Å²) in [5.41, 5.74) is 0. The fraction of sp³-hybridized carbons (Fsp3) is 0.800. The van der Waals surface area contributed by atoms with E-state index in [2.05, 4.69) is 31.1 Å². The van der Waals surface area contributed by atoms with Gasteiger partial charge >= 0.3 is 0 Å². The van der Waals surface area contributed by atoms with E-state index in [0.717, 1.165) is 17.8 Å². The Morgan fingerprint density at radius 3 is 2.55 bits per heavy atom. The van der Waals surface area contributed by atoms with Crippen LogP contribution in [-0.2, 0) is 0 Å². The fourth-order valence-electron chi connectivity index (χ4n) is 2.57. The summed E-state index contributed by atoms with van der Waals surface area (Å²) in [5.74, 6) is 2.81. The van der Waals surface area contributed by atoms with E-state index >= 15 is 0 Å². The van der Waals surface area contributed by atoms with Crippen LogP contribution in [0, 0.1) is 17.8 Å². The highest BCUT2D eigenvalue weighted by Crippen LogP contribution is 2.43. The van der Waals surface area contributed by atoms with Gasteiger partial charge in [0.05, 0.1) is 0 Å². The Balaban J connectivity index is 1.93. The third kappa shape index (κ3) is 1.34. The molecule has 2 rings (SSSR count). The number of hydrogen-bond donors (Lipinski definition) is 0. The molecule has 11 heavy (non-hydrogen) atoms. The lowest BCUT2D eigenvalue weighted by Crippen LogP contribution is -2.24. The lowest BCUT2D eigenvalue weighted by atomic mass is 9.93. The first-order valence-corrected chi connectivity index (χ1v) is 4.59. The molecule has 2 bridgehead atoms. The second-order valence-electron chi connectivity index (χ2n) is 4.30. The summed E-state index contributed by atoms with van der Waals surface area (Å²) in [7, 11) is 4.35. The van der Waals surface area contributed by atoms with Crippen molar-refractivity contribution in [2.75, 3.05) is 20.6 Å². The highest BCUT2D eigenvalue weighted by molar-refractivity contribution is 5.10. The summed E-state index contributed by atoms with van der Waals surface area (Å²) in [4.78, 5) is 2.32. The molecular formula is C10H17N. The van der Waals surface area contributed by atoms with E-state index < -0.39 is 0 Å². The van der Waals surface area contributed by atoms with E-state index in [0.29, 0.717) is 0 Å². The average Bonchev–Trinajstić information content (AvgIpc) is 2.45. The maximum absolute atomic E-state index is 2.43. The summed E-state index contributed by atoms with van der Waals surface area (Å²) in [5, 5.41) is 0. The van der Waals surface area contributed by atoms with Crippen LogP contribution in [0.1, 0.15) is 12.8 Å². The van der Waals surface area contributed by atoms with Crippen molar-refractivity contribution < 1.29 is 0 Å². The summed E-state index contributed by atoms with van der Waals surface area (Å²) in [6, 6.07) is 0. The predicted octanol–water partition coefficient (Wildman–Crippen LogP) is 1.76. The molecule has 3 atom stereocenters. The number of nitrogens with zero attached hydrogens (tertiary/aromatic N) is 1. The maximum Gasteiger partial charge on any atom is 0.000940 e. The molecule has 1 nitrogen and oxygen atoms in total. The molecule has 62 valence electrons. The normalized spacial score (nSPS) is 40.8. The molecular weight excluding hydrogens is 134 g/mol. The minimum atomic E-state index is 0.919. The minimum Gasteiger partial charge on any atom is -0.309 e. The van der Waals surface area contributed by atoms with Crippen molar-refractivity contribution in [2.45, 2.75) is 12.8 Å². The van der Waals surface area contributed by atoms with Gasteiger partial charge in [0.25, 0.3) is 0 Å². The molecule has 0 N–H and O–H groups in total. The molecule has 0 aromatic rings. The molecule has 0 aliphatic heterocycles. The summed E-state index contributed by atoms with van der Waals surface area (Å²) in [6.45, 7) is 1.28. The Labute approximate surface area is 69.1 Å². The van der Waals surface area contributed by atoms with Gasteiger partial charge in [-0.15, -0.1) is 0 Å². The Kier molecular flexibility index (Phi) is 1.76. The van der Waals surface area contributed by atoms with Gasteiger partial charge in [0, 0.05) is 6.54 Å². The standard InChI is InChI=1S/C10H17N/c1-11(2)7-10-6-8-3-4-9(10)5-8/h3-4,8-10H,5-7H2,1-2H3/t8-,9+,10?/m1/s1. The number of hydrogen-bond acceptors (Lipinski definition) is 1. The first-order valence-electron chi connectivity index (χ1n) is 4.59. The van der Waals surface area contributed by atoms with E-state index in [1.165, 1.54) is 19.4 Å². The van der Waals surface area contributed by atoms with Crippen molar-refractivity contribution in [1.82, 2.24) is 4.90 Å². The Hall–Kier alpha value is -0.300. The lowest BCUT2D eigenvalue weighted by Gasteiger charge is -2.21. The van der Waals surface area contributed by atoms with Crippen molar-refractivity contribution in [2.24, 2.45) is 17.8 Å². The van der Waals surface area contributed by atoms with Crippen LogP contribution in [0.25, 0.3) is 0 Å². The number of allylic oxidation sites excluding steroid dienone is 2. The van der Waals surface area contributed by atoms with Gasteiger partial charge < -0.3 is 4.90 Å². The van der Waals surface area contributed by atoms with E-state index in [4.69, 9.17) is 0 Å². The van der Waals surface area contributed by atoms with Crippen LogP contribution in [0.5, 0.6) is 0 Å². The molecule has 0 aromatic carbocycles. The first-order chi connectivity index (χ1) is 5.25. The molecule has 0 amide bonds. The van der Waals surface area contributed by atoms with Crippen molar-refractivity contribution in [1.29, 1.82) is 0 Å². The topological polar surface area (TPSA) is 3.24 Å². The molecule has 0 radical (unpaired) electrons. The summed E-state index contributed by atoms with van der Waals surface area (Å²) >= 11 is 0. The largest absolute Gasteiger partial charge is 0.309 e. The second-order valence-corrected chi connectivity index (χ2v) is 4.30. The van der Waals surface area contributed by atoms with Crippen molar-refractivity contribution in [3.8, 4) is 0 Å². The molecule has 1 fully saturated rings. The zero-order valence-electron chi connectivity index (χ0n) is 7.46. The van der Waals surface area contributed by atoms with Gasteiger partial charge in [0.1, 0.15) is 0 Å². The first kappa shape index (κ1) is 7.35. The molecule has 0 heterocycles. The van der Waals surface area contributed by atoms with Gasteiger partial charge in [-0.2, -0.15) is 0 Å². The molecule has 0 aromatic heterocycles. The van der Waals surface area contributed by atoms with Gasteiger partial charge in [-0.1, -0.05) is 12.2 Å². The fourth-order valence-corrected chi connectivity index (χ4v) is 2.57. The lowest BCUT2D eigenvalue weighted by molar-refractivity contribution is 0.295. The molecule has 0 saturated heterocycles. The smallest absolute Gasteiger partial charge is 0.000940 e. The SMILES string of the molecule is CN(C)CC1C[C@@H]2C=C[C@H]1C2. The summed E-state index contributed by atoms with van der Waals surface area (Å²) < 4.78 is 0. The highest BCUT2D eigenvalue weighted by Gasteiger charge is 2.35. The Morgan fingerprint density at radius 2 is 2.09 bits per heavy atom. The highest BCUT2D eigenvalue weighted by atomic mass is 15.1. The van der Waals surface area contributed by atoms with Crippen LogP contribution in [0.4, 0.5) is 0 Å². The number of rotatable bonds is 2. The molecule has 2 aliphatic carbocycles. The van der Waals surface area contributed by atoms with Crippen LogP contribution in [0.15, 0.2) is 12.2 Å². The van der Waals surface area contributed by atoms with E-state index in [1.807, 2.05) is 0 Å². The maximum atomic E-state index is 2.43. The number of fused-ring (bicyclic) bond motifs is 2. The van der Waals surface area contributed by atoms with E-state index in [9.17, 15) is 0 Å². The zero-order valence-corrected chi connectivity index (χ0v) is 7.46. The minimum absolute atomic E-state index is 0.919. The molecule has 2 aliphatic rings. The van der Waals surface area contributed by atoms with Gasteiger partial charge in [-0.05, 0) is 44.7 Å². The van der Waals surface area contributed by atoms with Crippen molar-refractivity contribution in [3.63, 3.8) is 0 Å². The van der Waals surface area contributed by atoms with Gasteiger partial charge in [-0.3, -0.25) is 0 Å². The van der Waals surface area contributed by atoms with Gasteiger partial charge in [-0.25, -0.2) is 0 Å². The monoisotopic (exact) mass is 151 g/mol. The Morgan fingerprint density at radius 1 is 1.27 bits per heavy atom. The quantitative estimate of drug-likeness (QED) is 0.544. The average molecular weight is 151 g/mol. The van der Waals surface area contributed by atoms with Gasteiger partial charge in [0.15, 0.2) is 0 Å². The van der Waals surface area contributed by atoms with Gasteiger partial charge in [0.2, 0.25) is 0 Å². The second kappa shape index (κ2) is 2.63. The van der Waals surface area contributed by atoms with Crippen molar-refractivity contribution >= 4 is 0 Å². The van der Waals surface area contributed by atoms with Crippen LogP contribution < -0.4 is 0 Å². The van der Waals surface area contributed by atoms with Crippen LogP contribution >= 0.6 is 0 Å². The van der Waals surface area contributed by atoms with E-state index in [1.54, 1.807) is 0 Å².